The van der Waals surface area contributed by atoms with Gasteiger partial charge in [0.05, 0.1) is 6.10 Å². The molecule has 2 atom stereocenters. The SMILES string of the molecule is CCC1CCCN1CC(O)c1ccc(C(C)(C)C)cc1. The van der Waals surface area contributed by atoms with Crippen molar-refractivity contribution in [2.75, 3.05) is 13.1 Å². The van der Waals surface area contributed by atoms with Crippen LogP contribution in [0.15, 0.2) is 24.3 Å². The lowest BCUT2D eigenvalue weighted by atomic mass is 9.86. The first-order valence-corrected chi connectivity index (χ1v) is 7.94. The third kappa shape index (κ3) is 3.62. The summed E-state index contributed by atoms with van der Waals surface area (Å²) in [5.74, 6) is 0. The van der Waals surface area contributed by atoms with Gasteiger partial charge in [0.2, 0.25) is 0 Å². The van der Waals surface area contributed by atoms with Crippen LogP contribution in [0.5, 0.6) is 0 Å². The summed E-state index contributed by atoms with van der Waals surface area (Å²) in [6, 6.07) is 9.14. The van der Waals surface area contributed by atoms with Crippen LogP contribution in [0.3, 0.4) is 0 Å². The zero-order valence-electron chi connectivity index (χ0n) is 13.4. The van der Waals surface area contributed by atoms with Crippen LogP contribution < -0.4 is 0 Å². The van der Waals surface area contributed by atoms with Crippen molar-refractivity contribution in [1.82, 2.24) is 4.90 Å². The lowest BCUT2D eigenvalue weighted by molar-refractivity contribution is 0.105. The van der Waals surface area contributed by atoms with Crippen molar-refractivity contribution in [3.63, 3.8) is 0 Å². The van der Waals surface area contributed by atoms with E-state index in [9.17, 15) is 5.11 Å². The molecule has 0 aromatic heterocycles. The van der Waals surface area contributed by atoms with Crippen LogP contribution in [0.2, 0.25) is 0 Å². The van der Waals surface area contributed by atoms with E-state index in [0.29, 0.717) is 6.04 Å². The van der Waals surface area contributed by atoms with E-state index in [1.54, 1.807) is 0 Å². The largest absolute Gasteiger partial charge is 0.387 e. The monoisotopic (exact) mass is 275 g/mol. The molecule has 0 amide bonds. The van der Waals surface area contributed by atoms with Gasteiger partial charge in [0, 0.05) is 12.6 Å². The van der Waals surface area contributed by atoms with Gasteiger partial charge in [-0.25, -0.2) is 0 Å². The predicted molar refractivity (Wildman–Crippen MR) is 85.0 cm³/mol. The highest BCUT2D eigenvalue weighted by atomic mass is 16.3. The minimum atomic E-state index is -0.365. The molecule has 1 aromatic carbocycles. The summed E-state index contributed by atoms with van der Waals surface area (Å²) in [5, 5.41) is 10.4. The summed E-state index contributed by atoms with van der Waals surface area (Å²) in [7, 11) is 0. The highest BCUT2D eigenvalue weighted by molar-refractivity contribution is 5.28. The molecule has 0 bridgehead atoms. The number of nitrogens with zero attached hydrogens (tertiary/aromatic N) is 1. The number of benzene rings is 1. The van der Waals surface area contributed by atoms with Gasteiger partial charge in [-0.05, 0) is 42.3 Å². The van der Waals surface area contributed by atoms with Crippen molar-refractivity contribution in [3.05, 3.63) is 35.4 Å². The number of hydrogen-bond acceptors (Lipinski definition) is 2. The lowest BCUT2D eigenvalue weighted by Crippen LogP contribution is -2.32. The molecule has 0 radical (unpaired) electrons. The Balaban J connectivity index is 2.00. The zero-order valence-corrected chi connectivity index (χ0v) is 13.4. The standard InChI is InChI=1S/C18H29NO/c1-5-16-7-6-12-19(16)13-17(20)14-8-10-15(11-9-14)18(2,3)4/h8-11,16-17,20H,5-7,12-13H2,1-4H3. The molecular weight excluding hydrogens is 246 g/mol. The van der Waals surface area contributed by atoms with Crippen molar-refractivity contribution in [3.8, 4) is 0 Å². The molecule has 2 nitrogen and oxygen atoms in total. The van der Waals surface area contributed by atoms with Gasteiger partial charge in [-0.3, -0.25) is 4.90 Å². The second kappa shape index (κ2) is 6.28. The topological polar surface area (TPSA) is 23.5 Å². The van der Waals surface area contributed by atoms with E-state index >= 15 is 0 Å². The van der Waals surface area contributed by atoms with E-state index in [4.69, 9.17) is 0 Å². The summed E-state index contributed by atoms with van der Waals surface area (Å²) < 4.78 is 0. The molecular formula is C18H29NO. The number of rotatable bonds is 4. The predicted octanol–water partition coefficient (Wildman–Crippen LogP) is 3.89. The fourth-order valence-corrected chi connectivity index (χ4v) is 3.13. The molecule has 112 valence electrons. The van der Waals surface area contributed by atoms with E-state index in [0.717, 1.165) is 18.7 Å². The first-order chi connectivity index (χ1) is 9.41. The third-order valence-corrected chi connectivity index (χ3v) is 4.54. The van der Waals surface area contributed by atoms with E-state index in [-0.39, 0.29) is 11.5 Å². The second-order valence-corrected chi connectivity index (χ2v) is 7.09. The summed E-state index contributed by atoms with van der Waals surface area (Å²) in [5.41, 5.74) is 2.53. The molecule has 1 fully saturated rings. The maximum atomic E-state index is 10.4. The Bertz CT molecular complexity index is 418. The number of β-amino-alcohol motifs (C(OH)–C–C–N with tert-alkyl or cyclic N) is 1. The number of aliphatic hydroxyl groups excluding tert-OH is 1. The molecule has 0 aliphatic carbocycles. The molecule has 0 spiro atoms. The average molecular weight is 275 g/mol. The lowest BCUT2D eigenvalue weighted by Gasteiger charge is -2.26. The Labute approximate surface area is 123 Å². The Hall–Kier alpha value is -0.860. The molecule has 1 heterocycles. The normalized spacial score (nSPS) is 22.1. The Kier molecular flexibility index (Phi) is 4.87. The molecule has 1 aromatic rings. The van der Waals surface area contributed by atoms with Crippen molar-refractivity contribution >= 4 is 0 Å². The van der Waals surface area contributed by atoms with Crippen molar-refractivity contribution in [2.24, 2.45) is 0 Å². The van der Waals surface area contributed by atoms with Crippen LogP contribution in [0.25, 0.3) is 0 Å². The fraction of sp³-hybridized carbons (Fsp3) is 0.667. The van der Waals surface area contributed by atoms with Gasteiger partial charge in [-0.15, -0.1) is 0 Å². The van der Waals surface area contributed by atoms with Crippen LogP contribution in [0.1, 0.15) is 64.2 Å². The highest BCUT2D eigenvalue weighted by Gasteiger charge is 2.25. The molecule has 2 unspecified atom stereocenters. The molecule has 1 saturated heterocycles. The third-order valence-electron chi connectivity index (χ3n) is 4.54. The summed E-state index contributed by atoms with van der Waals surface area (Å²) in [4.78, 5) is 2.45. The van der Waals surface area contributed by atoms with Gasteiger partial charge in [-0.1, -0.05) is 52.0 Å². The van der Waals surface area contributed by atoms with E-state index < -0.39 is 0 Å². The first-order valence-electron chi connectivity index (χ1n) is 7.94. The number of aliphatic hydroxyl groups is 1. The minimum Gasteiger partial charge on any atom is -0.387 e. The van der Waals surface area contributed by atoms with Crippen molar-refractivity contribution < 1.29 is 5.11 Å². The van der Waals surface area contributed by atoms with E-state index in [1.165, 1.54) is 24.8 Å². The zero-order chi connectivity index (χ0) is 14.8. The maximum Gasteiger partial charge on any atom is 0.0917 e. The second-order valence-electron chi connectivity index (χ2n) is 7.09. The van der Waals surface area contributed by atoms with Crippen LogP contribution in [-0.4, -0.2) is 29.1 Å². The molecule has 2 rings (SSSR count). The first kappa shape index (κ1) is 15.5. The van der Waals surface area contributed by atoms with Crippen LogP contribution in [0.4, 0.5) is 0 Å². The van der Waals surface area contributed by atoms with Gasteiger partial charge in [0.1, 0.15) is 0 Å². The quantitative estimate of drug-likeness (QED) is 0.901. The summed E-state index contributed by atoms with van der Waals surface area (Å²) >= 11 is 0. The van der Waals surface area contributed by atoms with Crippen LogP contribution in [0, 0.1) is 0 Å². The number of hydrogen-bond donors (Lipinski definition) is 1. The average Bonchev–Trinajstić information content (AvgIpc) is 2.85. The Morgan fingerprint density at radius 1 is 1.25 bits per heavy atom. The van der Waals surface area contributed by atoms with Gasteiger partial charge in [-0.2, -0.15) is 0 Å². The molecule has 1 aliphatic rings. The smallest absolute Gasteiger partial charge is 0.0917 e. The van der Waals surface area contributed by atoms with Crippen LogP contribution in [-0.2, 0) is 5.41 Å². The van der Waals surface area contributed by atoms with Crippen molar-refractivity contribution in [2.45, 2.75) is 64.5 Å². The van der Waals surface area contributed by atoms with Gasteiger partial charge < -0.3 is 5.11 Å². The molecule has 0 saturated carbocycles. The van der Waals surface area contributed by atoms with E-state index in [2.05, 4.69) is 56.9 Å². The van der Waals surface area contributed by atoms with Gasteiger partial charge >= 0.3 is 0 Å². The van der Waals surface area contributed by atoms with E-state index in [1.807, 2.05) is 0 Å². The Morgan fingerprint density at radius 3 is 2.45 bits per heavy atom. The summed E-state index contributed by atoms with van der Waals surface area (Å²) in [6.07, 6.45) is 3.38. The highest BCUT2D eigenvalue weighted by Crippen LogP contribution is 2.26. The minimum absolute atomic E-state index is 0.172. The van der Waals surface area contributed by atoms with Gasteiger partial charge in [0.25, 0.3) is 0 Å². The van der Waals surface area contributed by atoms with Crippen LogP contribution >= 0.6 is 0 Å². The van der Waals surface area contributed by atoms with Gasteiger partial charge in [0.15, 0.2) is 0 Å². The molecule has 1 N–H and O–H groups in total. The maximum absolute atomic E-state index is 10.4. The fourth-order valence-electron chi connectivity index (χ4n) is 3.13. The number of likely N-dealkylation sites (tertiary alicyclic amines) is 1. The Morgan fingerprint density at radius 2 is 1.90 bits per heavy atom. The molecule has 1 aliphatic heterocycles. The van der Waals surface area contributed by atoms with Crippen molar-refractivity contribution in [1.29, 1.82) is 0 Å². The molecule has 2 heteroatoms. The summed E-state index contributed by atoms with van der Waals surface area (Å²) in [6.45, 7) is 10.8. The molecule has 20 heavy (non-hydrogen) atoms.